The summed E-state index contributed by atoms with van der Waals surface area (Å²) >= 11 is 0. The van der Waals surface area contributed by atoms with Crippen molar-refractivity contribution < 1.29 is 9.21 Å². The van der Waals surface area contributed by atoms with Crippen molar-refractivity contribution in [1.29, 1.82) is 0 Å². The summed E-state index contributed by atoms with van der Waals surface area (Å²) in [6.07, 6.45) is 1.57. The van der Waals surface area contributed by atoms with E-state index >= 15 is 0 Å². The lowest BCUT2D eigenvalue weighted by atomic mass is 10.1. The minimum atomic E-state index is -0.742. The first kappa shape index (κ1) is 17.1. The molecule has 138 valence electrons. The van der Waals surface area contributed by atoms with Gasteiger partial charge < -0.3 is 9.73 Å². The molecule has 1 amide bonds. The number of nitrogens with zero attached hydrogens (tertiary/aromatic N) is 3. The van der Waals surface area contributed by atoms with Gasteiger partial charge in [-0.2, -0.15) is 5.10 Å². The quantitative estimate of drug-likeness (QED) is 0.604. The van der Waals surface area contributed by atoms with Crippen molar-refractivity contribution in [3.05, 3.63) is 70.5 Å². The molecule has 0 saturated carbocycles. The van der Waals surface area contributed by atoms with E-state index in [1.165, 1.54) is 4.68 Å². The Bertz CT molecular complexity index is 1190. The molecule has 2 atom stereocenters. The molecule has 7 nitrogen and oxygen atoms in total. The van der Waals surface area contributed by atoms with E-state index in [4.69, 9.17) is 4.42 Å². The molecule has 3 aromatic heterocycles. The zero-order valence-corrected chi connectivity index (χ0v) is 15.3. The summed E-state index contributed by atoms with van der Waals surface area (Å²) in [5.41, 5.74) is 2.50. The van der Waals surface area contributed by atoms with Gasteiger partial charge in [0.25, 0.3) is 5.56 Å². The molecule has 1 N–H and O–H groups in total. The van der Waals surface area contributed by atoms with Gasteiger partial charge in [0.15, 0.2) is 5.58 Å². The van der Waals surface area contributed by atoms with E-state index in [9.17, 15) is 9.59 Å². The van der Waals surface area contributed by atoms with E-state index in [-0.39, 0.29) is 17.5 Å². The van der Waals surface area contributed by atoms with E-state index in [0.717, 1.165) is 11.1 Å². The van der Waals surface area contributed by atoms with Crippen LogP contribution in [-0.2, 0) is 4.79 Å². The Morgan fingerprint density at radius 1 is 1.15 bits per heavy atom. The van der Waals surface area contributed by atoms with Gasteiger partial charge in [0.2, 0.25) is 5.91 Å². The van der Waals surface area contributed by atoms with Crippen LogP contribution in [0.15, 0.2) is 57.9 Å². The van der Waals surface area contributed by atoms with Crippen molar-refractivity contribution in [3.8, 4) is 0 Å². The van der Waals surface area contributed by atoms with Gasteiger partial charge in [0.1, 0.15) is 17.4 Å². The van der Waals surface area contributed by atoms with Crippen LogP contribution in [0.2, 0.25) is 0 Å². The highest BCUT2D eigenvalue weighted by Crippen LogP contribution is 2.20. The average molecular weight is 364 g/mol. The van der Waals surface area contributed by atoms with Crippen LogP contribution in [0.25, 0.3) is 16.6 Å². The lowest BCUT2D eigenvalue weighted by Gasteiger charge is -2.19. The van der Waals surface area contributed by atoms with E-state index < -0.39 is 6.04 Å². The Labute approximate surface area is 155 Å². The second kappa shape index (κ2) is 6.42. The van der Waals surface area contributed by atoms with Gasteiger partial charge >= 0.3 is 0 Å². The summed E-state index contributed by atoms with van der Waals surface area (Å²) in [4.78, 5) is 25.6. The second-order valence-electron chi connectivity index (χ2n) is 6.65. The third kappa shape index (κ3) is 2.81. The van der Waals surface area contributed by atoms with E-state index in [0.29, 0.717) is 16.9 Å². The highest BCUT2D eigenvalue weighted by atomic mass is 16.3. The molecule has 7 heteroatoms. The van der Waals surface area contributed by atoms with Gasteiger partial charge in [-0.15, -0.1) is 0 Å². The molecule has 0 fully saturated rings. The predicted octanol–water partition coefficient (Wildman–Crippen LogP) is 2.99. The molecule has 3 heterocycles. The number of hydrogen-bond donors (Lipinski definition) is 1. The van der Waals surface area contributed by atoms with Crippen molar-refractivity contribution in [2.24, 2.45) is 0 Å². The Morgan fingerprint density at radius 2 is 1.89 bits per heavy atom. The summed E-state index contributed by atoms with van der Waals surface area (Å²) < 4.78 is 8.36. The fourth-order valence-electron chi connectivity index (χ4n) is 3.33. The SMILES string of the molecule is Cc1nn([C@@H](C)C(=O)N[C@H](C)c2ccccc2)c(=O)c2cc3occc3n12. The molecule has 0 radical (unpaired) electrons. The van der Waals surface area contributed by atoms with Crippen LogP contribution in [-0.4, -0.2) is 20.1 Å². The Hall–Kier alpha value is -3.35. The molecule has 0 aliphatic heterocycles. The summed E-state index contributed by atoms with van der Waals surface area (Å²) in [7, 11) is 0. The van der Waals surface area contributed by atoms with Crippen LogP contribution >= 0.6 is 0 Å². The molecule has 0 aliphatic rings. The number of rotatable bonds is 4. The fraction of sp³-hybridized carbons (Fsp3) is 0.250. The standard InChI is InChI=1S/C20H20N4O3/c1-12(15-7-5-4-6-8-15)21-19(25)13(2)24-20(26)17-11-18-16(9-10-27-18)23(17)14(3)22-24/h4-13H,1-3H3,(H,21,25)/t12-,13+/m1/s1. The van der Waals surface area contributed by atoms with E-state index in [2.05, 4.69) is 10.4 Å². The zero-order chi connectivity index (χ0) is 19.1. The maximum atomic E-state index is 12.9. The van der Waals surface area contributed by atoms with E-state index in [1.807, 2.05) is 37.3 Å². The third-order valence-corrected chi connectivity index (χ3v) is 4.83. The number of hydrogen-bond acceptors (Lipinski definition) is 4. The zero-order valence-electron chi connectivity index (χ0n) is 15.3. The highest BCUT2D eigenvalue weighted by molar-refractivity contribution is 5.83. The Morgan fingerprint density at radius 3 is 2.63 bits per heavy atom. The van der Waals surface area contributed by atoms with Crippen molar-refractivity contribution in [2.75, 3.05) is 0 Å². The first-order chi connectivity index (χ1) is 13.0. The second-order valence-corrected chi connectivity index (χ2v) is 6.65. The van der Waals surface area contributed by atoms with Crippen molar-refractivity contribution in [2.45, 2.75) is 32.9 Å². The monoisotopic (exact) mass is 364 g/mol. The topological polar surface area (TPSA) is 81.5 Å². The number of aromatic nitrogens is 3. The Balaban J connectivity index is 1.68. The highest BCUT2D eigenvalue weighted by Gasteiger charge is 2.22. The van der Waals surface area contributed by atoms with Crippen molar-refractivity contribution >= 4 is 22.5 Å². The van der Waals surface area contributed by atoms with Crippen LogP contribution < -0.4 is 10.9 Å². The van der Waals surface area contributed by atoms with Crippen molar-refractivity contribution in [3.63, 3.8) is 0 Å². The minimum Gasteiger partial charge on any atom is -0.463 e. The molecule has 0 unspecified atom stereocenters. The lowest BCUT2D eigenvalue weighted by Crippen LogP contribution is -2.39. The van der Waals surface area contributed by atoms with Crippen LogP contribution in [0.4, 0.5) is 0 Å². The molecule has 27 heavy (non-hydrogen) atoms. The van der Waals surface area contributed by atoms with Crippen LogP contribution in [0.1, 0.15) is 37.3 Å². The van der Waals surface area contributed by atoms with Gasteiger partial charge in [-0.3, -0.25) is 14.0 Å². The number of nitrogens with one attached hydrogen (secondary N) is 1. The van der Waals surface area contributed by atoms with Gasteiger partial charge in [-0.05, 0) is 26.3 Å². The van der Waals surface area contributed by atoms with Gasteiger partial charge in [0, 0.05) is 12.1 Å². The summed E-state index contributed by atoms with van der Waals surface area (Å²) in [6.45, 7) is 5.38. The number of furan rings is 1. The molecule has 4 rings (SSSR count). The smallest absolute Gasteiger partial charge is 0.291 e. The van der Waals surface area contributed by atoms with Gasteiger partial charge in [-0.1, -0.05) is 30.3 Å². The number of aryl methyl sites for hydroxylation is 1. The fourth-order valence-corrected chi connectivity index (χ4v) is 3.33. The molecule has 0 aliphatic carbocycles. The molecule has 0 bridgehead atoms. The van der Waals surface area contributed by atoms with Crippen LogP contribution in [0, 0.1) is 6.92 Å². The van der Waals surface area contributed by atoms with Gasteiger partial charge in [-0.25, -0.2) is 4.68 Å². The first-order valence-corrected chi connectivity index (χ1v) is 8.81. The van der Waals surface area contributed by atoms with Crippen LogP contribution in [0.5, 0.6) is 0 Å². The molecule has 1 aromatic carbocycles. The lowest BCUT2D eigenvalue weighted by molar-refractivity contribution is -0.124. The average Bonchev–Trinajstić information content (AvgIpc) is 3.26. The first-order valence-electron chi connectivity index (χ1n) is 8.81. The number of carbonyl (C=O) groups is 1. The number of benzene rings is 1. The maximum Gasteiger partial charge on any atom is 0.291 e. The predicted molar refractivity (Wildman–Crippen MR) is 102 cm³/mol. The molecule has 0 saturated heterocycles. The number of fused-ring (bicyclic) bond motifs is 3. The summed E-state index contributed by atoms with van der Waals surface area (Å²) in [5, 5.41) is 7.32. The Kier molecular flexibility index (Phi) is 4.07. The molecular weight excluding hydrogens is 344 g/mol. The van der Waals surface area contributed by atoms with Crippen LogP contribution in [0.3, 0.4) is 0 Å². The largest absolute Gasteiger partial charge is 0.463 e. The maximum absolute atomic E-state index is 12.9. The molecular formula is C20H20N4O3. The number of amides is 1. The van der Waals surface area contributed by atoms with Gasteiger partial charge in [0.05, 0.1) is 17.8 Å². The summed E-state index contributed by atoms with van der Waals surface area (Å²) in [5.74, 6) is 0.344. The summed E-state index contributed by atoms with van der Waals surface area (Å²) in [6, 6.07) is 12.2. The third-order valence-electron chi connectivity index (χ3n) is 4.83. The van der Waals surface area contributed by atoms with Crippen molar-refractivity contribution in [1.82, 2.24) is 19.5 Å². The molecule has 4 aromatic rings. The minimum absolute atomic E-state index is 0.169. The molecule has 0 spiro atoms. The number of carbonyl (C=O) groups excluding carboxylic acids is 1. The van der Waals surface area contributed by atoms with E-state index in [1.54, 1.807) is 36.6 Å². The normalized spacial score (nSPS) is 13.7.